The first-order valence-corrected chi connectivity index (χ1v) is 4.92. The second-order valence-electron chi connectivity index (χ2n) is 3.61. The van der Waals surface area contributed by atoms with Crippen molar-refractivity contribution in [3.63, 3.8) is 0 Å². The summed E-state index contributed by atoms with van der Waals surface area (Å²) in [6.07, 6.45) is 2.91. The van der Waals surface area contributed by atoms with E-state index in [1.165, 1.54) is 0 Å². The number of aromatic amines is 1. The predicted octanol–water partition coefficient (Wildman–Crippen LogP) is 2.28. The van der Waals surface area contributed by atoms with E-state index >= 15 is 0 Å². The largest absolute Gasteiger partial charge is 0.346 e. The minimum absolute atomic E-state index is 0.105. The van der Waals surface area contributed by atoms with Gasteiger partial charge >= 0.3 is 0 Å². The third-order valence-electron chi connectivity index (χ3n) is 2.55. The van der Waals surface area contributed by atoms with Crippen molar-refractivity contribution >= 4 is 11.0 Å². The molecular formula is C11H15N3. The van der Waals surface area contributed by atoms with Crippen LogP contribution in [0.4, 0.5) is 0 Å². The molecule has 14 heavy (non-hydrogen) atoms. The first kappa shape index (κ1) is 9.21. The van der Waals surface area contributed by atoms with Gasteiger partial charge in [-0.1, -0.05) is 6.92 Å². The minimum Gasteiger partial charge on any atom is -0.346 e. The number of fused-ring (bicyclic) bond motifs is 1. The van der Waals surface area contributed by atoms with Crippen LogP contribution in [0.3, 0.4) is 0 Å². The maximum absolute atomic E-state index is 6.00. The number of hydrogen-bond donors (Lipinski definition) is 2. The van der Waals surface area contributed by atoms with Crippen molar-refractivity contribution in [3.8, 4) is 0 Å². The Hall–Kier alpha value is -1.35. The molecule has 2 aromatic rings. The molecule has 1 atom stereocenters. The van der Waals surface area contributed by atoms with Gasteiger partial charge in [-0.25, -0.2) is 4.98 Å². The average molecular weight is 189 g/mol. The lowest BCUT2D eigenvalue weighted by molar-refractivity contribution is 0.704. The van der Waals surface area contributed by atoms with E-state index in [2.05, 4.69) is 23.0 Å². The molecule has 0 aromatic carbocycles. The molecule has 0 fully saturated rings. The van der Waals surface area contributed by atoms with E-state index in [4.69, 9.17) is 5.73 Å². The summed E-state index contributed by atoms with van der Waals surface area (Å²) in [6, 6.07) is 4.20. The number of nitrogens with one attached hydrogen (secondary N) is 1. The molecule has 2 heterocycles. The molecule has 1 unspecified atom stereocenters. The van der Waals surface area contributed by atoms with Gasteiger partial charge in [0.05, 0.1) is 0 Å². The molecule has 0 spiro atoms. The lowest BCUT2D eigenvalue weighted by Crippen LogP contribution is -2.07. The summed E-state index contributed by atoms with van der Waals surface area (Å²) in [7, 11) is 0. The Morgan fingerprint density at radius 1 is 1.50 bits per heavy atom. The Kier molecular flexibility index (Phi) is 2.25. The normalized spacial score (nSPS) is 13.4. The summed E-state index contributed by atoms with van der Waals surface area (Å²) in [5.74, 6) is 0. The molecule has 3 N–H and O–H groups in total. The Balaban J connectivity index is 2.58. The maximum Gasteiger partial charge on any atom is 0.137 e. The molecule has 0 amide bonds. The van der Waals surface area contributed by atoms with Crippen LogP contribution in [0.1, 0.15) is 30.6 Å². The van der Waals surface area contributed by atoms with E-state index in [1.807, 2.05) is 19.2 Å². The molecule has 0 saturated carbocycles. The molecule has 2 aromatic heterocycles. The summed E-state index contributed by atoms with van der Waals surface area (Å²) in [4.78, 5) is 7.55. The van der Waals surface area contributed by atoms with Crippen LogP contribution in [0.2, 0.25) is 0 Å². The van der Waals surface area contributed by atoms with Gasteiger partial charge < -0.3 is 10.7 Å². The molecule has 0 aliphatic rings. The van der Waals surface area contributed by atoms with Crippen LogP contribution in [0.5, 0.6) is 0 Å². The van der Waals surface area contributed by atoms with Crippen molar-refractivity contribution in [2.24, 2.45) is 5.73 Å². The van der Waals surface area contributed by atoms with Gasteiger partial charge in [-0.3, -0.25) is 0 Å². The molecule has 0 bridgehead atoms. The topological polar surface area (TPSA) is 54.7 Å². The predicted molar refractivity (Wildman–Crippen MR) is 58.1 cm³/mol. The van der Waals surface area contributed by atoms with Crippen LogP contribution in [0.25, 0.3) is 11.0 Å². The number of aromatic nitrogens is 2. The summed E-state index contributed by atoms with van der Waals surface area (Å²) in [5.41, 5.74) is 9.12. The smallest absolute Gasteiger partial charge is 0.137 e. The lowest BCUT2D eigenvalue weighted by atomic mass is 10.1. The quantitative estimate of drug-likeness (QED) is 0.761. The number of nitrogens with two attached hydrogens (primary N) is 1. The molecular weight excluding hydrogens is 174 g/mol. The molecule has 2 rings (SSSR count). The van der Waals surface area contributed by atoms with Crippen molar-refractivity contribution in [1.82, 2.24) is 9.97 Å². The molecule has 0 saturated heterocycles. The molecule has 0 aliphatic carbocycles. The van der Waals surface area contributed by atoms with Crippen LogP contribution in [-0.2, 0) is 0 Å². The zero-order valence-corrected chi connectivity index (χ0v) is 8.54. The van der Waals surface area contributed by atoms with Gasteiger partial charge in [0, 0.05) is 23.3 Å². The fourth-order valence-electron chi connectivity index (χ4n) is 1.65. The van der Waals surface area contributed by atoms with E-state index in [0.717, 1.165) is 28.7 Å². The van der Waals surface area contributed by atoms with Crippen molar-refractivity contribution in [1.29, 1.82) is 0 Å². The van der Waals surface area contributed by atoms with E-state index in [-0.39, 0.29) is 6.04 Å². The van der Waals surface area contributed by atoms with Crippen LogP contribution >= 0.6 is 0 Å². The van der Waals surface area contributed by atoms with Crippen molar-refractivity contribution < 1.29 is 0 Å². The summed E-state index contributed by atoms with van der Waals surface area (Å²) in [6.45, 7) is 4.07. The zero-order valence-electron chi connectivity index (χ0n) is 8.54. The van der Waals surface area contributed by atoms with Gasteiger partial charge in [0.15, 0.2) is 0 Å². The molecule has 3 heteroatoms. The van der Waals surface area contributed by atoms with Gasteiger partial charge in [-0.2, -0.15) is 0 Å². The summed E-state index contributed by atoms with van der Waals surface area (Å²) in [5, 5.41) is 1.14. The Morgan fingerprint density at radius 3 is 3.00 bits per heavy atom. The number of hydrogen-bond acceptors (Lipinski definition) is 2. The van der Waals surface area contributed by atoms with E-state index < -0.39 is 0 Å². The highest BCUT2D eigenvalue weighted by molar-refractivity contribution is 5.80. The minimum atomic E-state index is 0.105. The number of H-pyrrole nitrogens is 1. The van der Waals surface area contributed by atoms with E-state index in [0.29, 0.717) is 0 Å². The second-order valence-corrected chi connectivity index (χ2v) is 3.61. The first-order valence-electron chi connectivity index (χ1n) is 4.92. The number of rotatable bonds is 2. The molecule has 74 valence electrons. The van der Waals surface area contributed by atoms with Crippen LogP contribution in [0.15, 0.2) is 18.3 Å². The van der Waals surface area contributed by atoms with Crippen molar-refractivity contribution in [2.75, 3.05) is 0 Å². The van der Waals surface area contributed by atoms with Crippen molar-refractivity contribution in [2.45, 2.75) is 26.3 Å². The van der Waals surface area contributed by atoms with Crippen molar-refractivity contribution in [3.05, 3.63) is 29.6 Å². The van der Waals surface area contributed by atoms with Gasteiger partial charge in [0.1, 0.15) is 5.65 Å². The number of aryl methyl sites for hydroxylation is 1. The van der Waals surface area contributed by atoms with Crippen LogP contribution in [0, 0.1) is 6.92 Å². The van der Waals surface area contributed by atoms with Gasteiger partial charge in [-0.15, -0.1) is 0 Å². The van der Waals surface area contributed by atoms with E-state index in [9.17, 15) is 0 Å². The number of nitrogens with zero attached hydrogens (tertiary/aromatic N) is 1. The van der Waals surface area contributed by atoms with Gasteiger partial charge in [0.25, 0.3) is 0 Å². The van der Waals surface area contributed by atoms with Crippen LogP contribution in [-0.4, -0.2) is 9.97 Å². The molecule has 0 aliphatic heterocycles. The average Bonchev–Trinajstić information content (AvgIpc) is 2.59. The third kappa shape index (κ3) is 1.40. The standard InChI is InChI=1S/C11H15N3/c1-3-10(12)9-6-13-11-8(9)5-4-7(2)14-11/h4-6,10H,3,12H2,1-2H3,(H,13,14). The monoisotopic (exact) mass is 189 g/mol. The highest BCUT2D eigenvalue weighted by Gasteiger charge is 2.10. The highest BCUT2D eigenvalue weighted by atomic mass is 14.9. The zero-order chi connectivity index (χ0) is 10.1. The SMILES string of the molecule is CCC(N)c1c[nH]c2nc(C)ccc12. The number of pyridine rings is 1. The van der Waals surface area contributed by atoms with E-state index in [1.54, 1.807) is 0 Å². The van der Waals surface area contributed by atoms with Gasteiger partial charge in [0.2, 0.25) is 0 Å². The fraction of sp³-hybridized carbons (Fsp3) is 0.364. The second kappa shape index (κ2) is 3.42. The summed E-state index contributed by atoms with van der Waals surface area (Å²) >= 11 is 0. The van der Waals surface area contributed by atoms with Gasteiger partial charge in [-0.05, 0) is 31.0 Å². The van der Waals surface area contributed by atoms with Crippen LogP contribution < -0.4 is 5.73 Å². The third-order valence-corrected chi connectivity index (χ3v) is 2.55. The fourth-order valence-corrected chi connectivity index (χ4v) is 1.65. The molecule has 0 radical (unpaired) electrons. The first-order chi connectivity index (χ1) is 6.72. The summed E-state index contributed by atoms with van der Waals surface area (Å²) < 4.78 is 0. The Morgan fingerprint density at radius 2 is 2.29 bits per heavy atom. The molecule has 3 nitrogen and oxygen atoms in total. The Bertz CT molecular complexity index is 445. The Labute approximate surface area is 83.3 Å². The highest BCUT2D eigenvalue weighted by Crippen LogP contribution is 2.23. The maximum atomic E-state index is 6.00. The lowest BCUT2D eigenvalue weighted by Gasteiger charge is -2.06.